The van der Waals surface area contributed by atoms with Crippen LogP contribution in [0.1, 0.15) is 52.4 Å². The second-order valence-corrected chi connectivity index (χ2v) is 6.79. The van der Waals surface area contributed by atoms with Gasteiger partial charge in [-0.15, -0.1) is 0 Å². The molecule has 0 saturated heterocycles. The second-order valence-electron chi connectivity index (χ2n) is 6.79. The molecule has 2 aliphatic rings. The van der Waals surface area contributed by atoms with Gasteiger partial charge in [-0.2, -0.15) is 0 Å². The first-order valence-electron chi connectivity index (χ1n) is 7.48. The molecule has 0 aromatic carbocycles. The van der Waals surface area contributed by atoms with Crippen LogP contribution in [0.4, 0.5) is 0 Å². The maximum atomic E-state index is 12.3. The zero-order chi connectivity index (χ0) is 13.3. The van der Waals surface area contributed by atoms with Crippen molar-refractivity contribution < 1.29 is 4.79 Å². The second kappa shape index (κ2) is 5.20. The SMILES string of the molecule is CCCC(C)(N)C(=O)N(C)CC1CC2CCC1C2. The van der Waals surface area contributed by atoms with Crippen molar-refractivity contribution in [2.75, 3.05) is 13.6 Å². The Morgan fingerprint density at radius 3 is 2.61 bits per heavy atom. The Bertz CT molecular complexity index is 314. The standard InChI is InChI=1S/C15H28N2O/c1-4-7-15(2,16)14(18)17(3)10-13-9-11-5-6-12(13)8-11/h11-13H,4-10,16H2,1-3H3. The van der Waals surface area contributed by atoms with Crippen molar-refractivity contribution in [2.24, 2.45) is 23.5 Å². The third-order valence-corrected chi connectivity index (χ3v) is 5.00. The summed E-state index contributed by atoms with van der Waals surface area (Å²) in [7, 11) is 1.93. The number of nitrogens with zero attached hydrogens (tertiary/aromatic N) is 1. The fourth-order valence-electron chi connectivity index (χ4n) is 4.10. The summed E-state index contributed by atoms with van der Waals surface area (Å²) in [6, 6.07) is 0. The lowest BCUT2D eigenvalue weighted by molar-refractivity contribution is -0.136. The molecule has 104 valence electrons. The van der Waals surface area contributed by atoms with Crippen molar-refractivity contribution >= 4 is 5.91 Å². The van der Waals surface area contributed by atoms with Gasteiger partial charge in [-0.05, 0) is 50.4 Å². The van der Waals surface area contributed by atoms with Gasteiger partial charge in [0.1, 0.15) is 0 Å². The molecule has 0 aromatic rings. The Morgan fingerprint density at radius 2 is 2.11 bits per heavy atom. The summed E-state index contributed by atoms with van der Waals surface area (Å²) < 4.78 is 0. The minimum Gasteiger partial charge on any atom is -0.344 e. The lowest BCUT2D eigenvalue weighted by Gasteiger charge is -2.32. The zero-order valence-electron chi connectivity index (χ0n) is 12.1. The Labute approximate surface area is 111 Å². The van der Waals surface area contributed by atoms with E-state index in [-0.39, 0.29) is 5.91 Å². The van der Waals surface area contributed by atoms with Gasteiger partial charge in [-0.25, -0.2) is 0 Å². The number of likely N-dealkylation sites (N-methyl/N-ethyl adjacent to an activating group) is 1. The fourth-order valence-corrected chi connectivity index (χ4v) is 4.10. The number of nitrogens with two attached hydrogens (primary N) is 1. The van der Waals surface area contributed by atoms with E-state index in [0.29, 0.717) is 0 Å². The number of carbonyl (C=O) groups excluding carboxylic acids is 1. The summed E-state index contributed by atoms with van der Waals surface area (Å²) in [5.41, 5.74) is 5.45. The summed E-state index contributed by atoms with van der Waals surface area (Å²) >= 11 is 0. The molecule has 2 bridgehead atoms. The van der Waals surface area contributed by atoms with Crippen LogP contribution in [0.2, 0.25) is 0 Å². The molecule has 2 aliphatic carbocycles. The Hall–Kier alpha value is -0.570. The molecule has 0 radical (unpaired) electrons. The van der Waals surface area contributed by atoms with E-state index >= 15 is 0 Å². The van der Waals surface area contributed by atoms with Crippen molar-refractivity contribution in [3.05, 3.63) is 0 Å². The summed E-state index contributed by atoms with van der Waals surface area (Å²) in [6.07, 6.45) is 7.27. The summed E-state index contributed by atoms with van der Waals surface area (Å²) in [5, 5.41) is 0. The van der Waals surface area contributed by atoms with Crippen LogP contribution in [0, 0.1) is 17.8 Å². The van der Waals surface area contributed by atoms with Crippen LogP contribution < -0.4 is 5.73 Å². The molecule has 2 N–H and O–H groups in total. The van der Waals surface area contributed by atoms with Gasteiger partial charge < -0.3 is 10.6 Å². The largest absolute Gasteiger partial charge is 0.344 e. The summed E-state index contributed by atoms with van der Waals surface area (Å²) in [6.45, 7) is 4.86. The molecule has 0 aromatic heterocycles. The van der Waals surface area contributed by atoms with E-state index in [0.717, 1.165) is 37.1 Å². The highest BCUT2D eigenvalue weighted by atomic mass is 16.2. The van der Waals surface area contributed by atoms with Crippen molar-refractivity contribution in [3.8, 4) is 0 Å². The van der Waals surface area contributed by atoms with Gasteiger partial charge >= 0.3 is 0 Å². The number of hydrogen-bond acceptors (Lipinski definition) is 2. The van der Waals surface area contributed by atoms with Crippen molar-refractivity contribution in [1.82, 2.24) is 4.90 Å². The number of amides is 1. The minimum atomic E-state index is -0.679. The van der Waals surface area contributed by atoms with Gasteiger partial charge in [-0.3, -0.25) is 4.79 Å². The van der Waals surface area contributed by atoms with Crippen molar-refractivity contribution in [3.63, 3.8) is 0 Å². The van der Waals surface area contributed by atoms with Gasteiger partial charge in [0.2, 0.25) is 5.91 Å². The zero-order valence-corrected chi connectivity index (χ0v) is 12.1. The molecule has 0 aliphatic heterocycles. The van der Waals surface area contributed by atoms with E-state index in [9.17, 15) is 4.79 Å². The minimum absolute atomic E-state index is 0.118. The number of carbonyl (C=O) groups is 1. The van der Waals surface area contributed by atoms with Gasteiger partial charge in [0.15, 0.2) is 0 Å². The third-order valence-electron chi connectivity index (χ3n) is 5.00. The average Bonchev–Trinajstić information content (AvgIpc) is 2.89. The highest BCUT2D eigenvalue weighted by Crippen LogP contribution is 2.48. The smallest absolute Gasteiger partial charge is 0.242 e. The van der Waals surface area contributed by atoms with Crippen LogP contribution in [0.3, 0.4) is 0 Å². The van der Waals surface area contributed by atoms with E-state index < -0.39 is 5.54 Å². The first-order chi connectivity index (χ1) is 8.44. The fraction of sp³-hybridized carbons (Fsp3) is 0.933. The first kappa shape index (κ1) is 13.9. The number of rotatable bonds is 5. The van der Waals surface area contributed by atoms with Crippen LogP contribution in [-0.2, 0) is 4.79 Å². The summed E-state index contributed by atoms with van der Waals surface area (Å²) in [5.74, 6) is 2.67. The first-order valence-corrected chi connectivity index (χ1v) is 7.48. The number of fused-ring (bicyclic) bond motifs is 2. The molecule has 18 heavy (non-hydrogen) atoms. The molecule has 3 nitrogen and oxygen atoms in total. The Morgan fingerprint density at radius 1 is 1.39 bits per heavy atom. The van der Waals surface area contributed by atoms with Crippen LogP contribution in [0.5, 0.6) is 0 Å². The van der Waals surface area contributed by atoms with Crippen LogP contribution in [0.15, 0.2) is 0 Å². The molecule has 4 atom stereocenters. The van der Waals surface area contributed by atoms with Crippen molar-refractivity contribution in [2.45, 2.75) is 57.9 Å². The van der Waals surface area contributed by atoms with Crippen LogP contribution >= 0.6 is 0 Å². The molecule has 2 saturated carbocycles. The van der Waals surface area contributed by atoms with Gasteiger partial charge in [0.25, 0.3) is 0 Å². The normalized spacial score (nSPS) is 33.4. The Balaban J connectivity index is 1.88. The summed E-state index contributed by atoms with van der Waals surface area (Å²) in [4.78, 5) is 14.2. The lowest BCUT2D eigenvalue weighted by Crippen LogP contribution is -2.53. The molecule has 4 unspecified atom stereocenters. The van der Waals surface area contributed by atoms with Crippen LogP contribution in [0.25, 0.3) is 0 Å². The Kier molecular flexibility index (Phi) is 4.00. The van der Waals surface area contributed by atoms with E-state index in [2.05, 4.69) is 6.92 Å². The van der Waals surface area contributed by atoms with Gasteiger partial charge in [-0.1, -0.05) is 19.8 Å². The average molecular weight is 252 g/mol. The molecule has 2 fully saturated rings. The van der Waals surface area contributed by atoms with Gasteiger partial charge in [0.05, 0.1) is 5.54 Å². The predicted octanol–water partition coefficient (Wildman–Crippen LogP) is 2.40. The third kappa shape index (κ3) is 2.71. The molecule has 1 amide bonds. The quantitative estimate of drug-likeness (QED) is 0.816. The monoisotopic (exact) mass is 252 g/mol. The molecular formula is C15H28N2O. The van der Waals surface area contributed by atoms with Crippen LogP contribution in [-0.4, -0.2) is 29.9 Å². The molecule has 3 heteroatoms. The van der Waals surface area contributed by atoms with E-state index in [4.69, 9.17) is 5.73 Å². The molecule has 2 rings (SSSR count). The number of hydrogen-bond donors (Lipinski definition) is 1. The highest BCUT2D eigenvalue weighted by molar-refractivity contribution is 5.85. The van der Waals surface area contributed by atoms with Crippen molar-refractivity contribution in [1.29, 1.82) is 0 Å². The maximum Gasteiger partial charge on any atom is 0.242 e. The molecular weight excluding hydrogens is 224 g/mol. The van der Waals surface area contributed by atoms with Gasteiger partial charge in [0, 0.05) is 13.6 Å². The van der Waals surface area contributed by atoms with E-state index in [1.165, 1.54) is 25.7 Å². The molecule has 0 heterocycles. The molecule has 0 spiro atoms. The van der Waals surface area contributed by atoms with E-state index in [1.54, 1.807) is 0 Å². The topological polar surface area (TPSA) is 46.3 Å². The predicted molar refractivity (Wildman–Crippen MR) is 74.1 cm³/mol. The lowest BCUT2D eigenvalue weighted by atomic mass is 9.88. The highest BCUT2D eigenvalue weighted by Gasteiger charge is 2.41. The maximum absolute atomic E-state index is 12.3. The van der Waals surface area contributed by atoms with E-state index in [1.807, 2.05) is 18.9 Å².